The summed E-state index contributed by atoms with van der Waals surface area (Å²) in [4.78, 5) is 45.6. The number of benzene rings is 1. The van der Waals surface area contributed by atoms with Crippen molar-refractivity contribution in [2.24, 2.45) is 0 Å². The van der Waals surface area contributed by atoms with Crippen LogP contribution in [0.1, 0.15) is 38.4 Å². The number of methoxy groups -OCH3 is 1. The summed E-state index contributed by atoms with van der Waals surface area (Å²) in [6.45, 7) is 2.78. The number of aromatic nitrogens is 2. The lowest BCUT2D eigenvalue weighted by molar-refractivity contribution is -0.139. The van der Waals surface area contributed by atoms with Gasteiger partial charge in [0.25, 0.3) is 5.91 Å². The number of carbonyl (C=O) groups excluding carboxylic acids is 3. The van der Waals surface area contributed by atoms with Crippen molar-refractivity contribution in [3.05, 3.63) is 65.1 Å². The normalized spacial score (nSPS) is 13.7. The molecule has 0 aliphatic carbocycles. The highest BCUT2D eigenvalue weighted by Gasteiger charge is 2.33. The van der Waals surface area contributed by atoms with Crippen molar-refractivity contribution in [1.82, 2.24) is 20.0 Å². The third-order valence-electron chi connectivity index (χ3n) is 5.37. The zero-order valence-electron chi connectivity index (χ0n) is 16.8. The number of hydrogen-bond donors (Lipinski definition) is 1. The zero-order valence-corrected chi connectivity index (χ0v) is 16.8. The van der Waals surface area contributed by atoms with Crippen LogP contribution in [0.3, 0.4) is 0 Å². The Kier molecular flexibility index (Phi) is 5.22. The molecule has 3 heterocycles. The van der Waals surface area contributed by atoms with Crippen LogP contribution in [0.15, 0.2) is 42.7 Å². The monoisotopic (exact) mass is 406 g/mol. The molecular formula is C22H22N4O4. The molecule has 1 N–H and O–H groups in total. The number of carbonyl (C=O) groups is 3. The first-order chi connectivity index (χ1) is 14.5. The zero-order chi connectivity index (χ0) is 21.3. The summed E-state index contributed by atoms with van der Waals surface area (Å²) < 4.78 is 4.77. The second-order valence-electron chi connectivity index (χ2n) is 7.16. The summed E-state index contributed by atoms with van der Waals surface area (Å²) in [5, 5.41) is 3.87. The van der Waals surface area contributed by atoms with Gasteiger partial charge in [-0.1, -0.05) is 18.2 Å². The van der Waals surface area contributed by atoms with E-state index < -0.39 is 11.9 Å². The van der Waals surface area contributed by atoms with Crippen LogP contribution in [0.4, 0.5) is 0 Å². The third-order valence-corrected chi connectivity index (χ3v) is 5.37. The van der Waals surface area contributed by atoms with E-state index >= 15 is 0 Å². The predicted molar refractivity (Wildman–Crippen MR) is 110 cm³/mol. The fraction of sp³-hybridized carbons (Fsp3) is 0.273. The molecule has 1 aromatic carbocycles. The molecule has 30 heavy (non-hydrogen) atoms. The van der Waals surface area contributed by atoms with Crippen LogP contribution >= 0.6 is 0 Å². The number of H-pyrrole nitrogens is 1. The number of fused-ring (bicyclic) bond motifs is 1. The van der Waals surface area contributed by atoms with E-state index in [0.717, 1.165) is 22.2 Å². The maximum Gasteiger partial charge on any atom is 0.338 e. The molecule has 1 aliphatic rings. The van der Waals surface area contributed by atoms with Crippen molar-refractivity contribution < 1.29 is 19.1 Å². The molecule has 0 bridgehead atoms. The van der Waals surface area contributed by atoms with Crippen LogP contribution in [0.25, 0.3) is 10.9 Å². The number of hydrogen-bond acceptors (Lipinski definition) is 5. The van der Waals surface area contributed by atoms with Gasteiger partial charge in [-0.05, 0) is 31.0 Å². The lowest BCUT2D eigenvalue weighted by atomic mass is 10.1. The van der Waals surface area contributed by atoms with Gasteiger partial charge in [-0.2, -0.15) is 0 Å². The van der Waals surface area contributed by atoms with E-state index in [9.17, 15) is 14.4 Å². The first-order valence-corrected chi connectivity index (χ1v) is 9.72. The maximum atomic E-state index is 13.2. The standard InChI is InChI=1S/C22H22N4O4/c1-14-17(15-6-3-4-7-19(15)24-14)12-20(27)25-10-5-11-26(25)21(28)18-13-23-9-8-16(18)22(29)30-2/h3-4,6-9,13,24H,5,10-12H2,1-2H3. The van der Waals surface area contributed by atoms with Gasteiger partial charge in [-0.15, -0.1) is 0 Å². The van der Waals surface area contributed by atoms with Crippen molar-refractivity contribution in [3.8, 4) is 0 Å². The quantitative estimate of drug-likeness (QED) is 0.672. The Balaban J connectivity index is 1.59. The molecule has 2 amide bonds. The minimum Gasteiger partial charge on any atom is -0.465 e. The number of nitrogens with one attached hydrogen (secondary N) is 1. The number of aromatic amines is 1. The summed E-state index contributed by atoms with van der Waals surface area (Å²) in [5.41, 5.74) is 3.08. The van der Waals surface area contributed by atoms with Gasteiger partial charge in [0.2, 0.25) is 5.91 Å². The molecule has 154 valence electrons. The highest BCUT2D eigenvalue weighted by atomic mass is 16.5. The summed E-state index contributed by atoms with van der Waals surface area (Å²) in [6, 6.07) is 9.27. The molecule has 1 fully saturated rings. The Morgan fingerprint density at radius 3 is 2.67 bits per heavy atom. The van der Waals surface area contributed by atoms with Gasteiger partial charge < -0.3 is 9.72 Å². The summed E-state index contributed by atoms with van der Waals surface area (Å²) in [5.74, 6) is -1.23. The first kappa shape index (κ1) is 19.6. The van der Waals surface area contributed by atoms with Gasteiger partial charge >= 0.3 is 5.97 Å². The van der Waals surface area contributed by atoms with Crippen LogP contribution in [0.5, 0.6) is 0 Å². The van der Waals surface area contributed by atoms with Gasteiger partial charge in [-0.25, -0.2) is 9.80 Å². The molecule has 1 saturated heterocycles. The smallest absolute Gasteiger partial charge is 0.338 e. The molecule has 4 rings (SSSR count). The van der Waals surface area contributed by atoms with Crippen molar-refractivity contribution >= 4 is 28.7 Å². The fourth-order valence-electron chi connectivity index (χ4n) is 3.88. The van der Waals surface area contributed by atoms with Crippen molar-refractivity contribution in [2.45, 2.75) is 19.8 Å². The van der Waals surface area contributed by atoms with Crippen molar-refractivity contribution in [3.63, 3.8) is 0 Å². The molecule has 8 nitrogen and oxygen atoms in total. The minimum absolute atomic E-state index is 0.118. The molecule has 2 aromatic heterocycles. The van der Waals surface area contributed by atoms with E-state index in [4.69, 9.17) is 4.74 Å². The molecule has 1 aliphatic heterocycles. The summed E-state index contributed by atoms with van der Waals surface area (Å²) in [6.07, 6.45) is 3.60. The van der Waals surface area contributed by atoms with Crippen LogP contribution in [-0.4, -0.2) is 58.0 Å². The third kappa shape index (κ3) is 3.41. The number of pyridine rings is 1. The number of esters is 1. The number of amides is 2. The topological polar surface area (TPSA) is 95.6 Å². The van der Waals surface area contributed by atoms with Crippen LogP contribution in [0, 0.1) is 6.92 Å². The molecule has 8 heteroatoms. The highest BCUT2D eigenvalue weighted by Crippen LogP contribution is 2.24. The minimum atomic E-state index is -0.618. The Labute approximate surface area is 173 Å². The fourth-order valence-corrected chi connectivity index (χ4v) is 3.88. The van der Waals surface area contributed by atoms with E-state index in [1.54, 1.807) is 0 Å². The Hall–Kier alpha value is -3.68. The Morgan fingerprint density at radius 1 is 1.10 bits per heavy atom. The highest BCUT2D eigenvalue weighted by molar-refractivity contribution is 6.05. The van der Waals surface area contributed by atoms with Gasteiger partial charge in [0.15, 0.2) is 0 Å². The molecule has 0 saturated carbocycles. The predicted octanol–water partition coefficient (Wildman–Crippen LogP) is 2.49. The molecular weight excluding hydrogens is 384 g/mol. The number of ether oxygens (including phenoxy) is 1. The second-order valence-corrected chi connectivity index (χ2v) is 7.16. The average molecular weight is 406 g/mol. The lowest BCUT2D eigenvalue weighted by Gasteiger charge is -2.28. The Morgan fingerprint density at radius 2 is 1.87 bits per heavy atom. The summed E-state index contributed by atoms with van der Waals surface area (Å²) >= 11 is 0. The number of para-hydroxylation sites is 1. The van der Waals surface area contributed by atoms with E-state index in [1.807, 2.05) is 31.2 Å². The van der Waals surface area contributed by atoms with Gasteiger partial charge in [-0.3, -0.25) is 19.6 Å². The maximum absolute atomic E-state index is 13.2. The molecule has 0 spiro atoms. The van der Waals surface area contributed by atoms with Crippen LogP contribution in [-0.2, 0) is 16.0 Å². The average Bonchev–Trinajstić information content (AvgIpc) is 3.38. The van der Waals surface area contributed by atoms with Gasteiger partial charge in [0.05, 0.1) is 24.7 Å². The first-order valence-electron chi connectivity index (χ1n) is 9.72. The lowest BCUT2D eigenvalue weighted by Crippen LogP contribution is -2.46. The number of rotatable bonds is 4. The number of hydrazine groups is 1. The number of nitrogens with zero attached hydrogens (tertiary/aromatic N) is 3. The van der Waals surface area contributed by atoms with E-state index in [1.165, 1.54) is 35.6 Å². The molecule has 3 aromatic rings. The second kappa shape index (κ2) is 7.98. The van der Waals surface area contributed by atoms with Crippen LogP contribution in [0.2, 0.25) is 0 Å². The largest absolute Gasteiger partial charge is 0.465 e. The van der Waals surface area contributed by atoms with Gasteiger partial charge in [0.1, 0.15) is 0 Å². The summed E-state index contributed by atoms with van der Waals surface area (Å²) in [7, 11) is 1.26. The molecule has 0 unspecified atom stereocenters. The van der Waals surface area contributed by atoms with Crippen molar-refractivity contribution in [1.29, 1.82) is 0 Å². The SMILES string of the molecule is COC(=O)c1ccncc1C(=O)N1CCCN1C(=O)Cc1c(C)[nH]c2ccccc12. The van der Waals surface area contributed by atoms with Gasteiger partial charge in [0, 0.05) is 42.1 Å². The Bertz CT molecular complexity index is 1140. The van der Waals surface area contributed by atoms with Crippen molar-refractivity contribution in [2.75, 3.05) is 20.2 Å². The van der Waals surface area contributed by atoms with E-state index in [2.05, 4.69) is 9.97 Å². The van der Waals surface area contributed by atoms with Crippen LogP contribution < -0.4 is 0 Å². The molecule has 0 atom stereocenters. The van der Waals surface area contributed by atoms with E-state index in [0.29, 0.717) is 19.5 Å². The van der Waals surface area contributed by atoms with E-state index in [-0.39, 0.29) is 23.5 Å². The number of aryl methyl sites for hydroxylation is 1. The molecule has 0 radical (unpaired) electrons.